The Bertz CT molecular complexity index is 485. The van der Waals surface area contributed by atoms with Crippen LogP contribution in [0.2, 0.25) is 0 Å². The second kappa shape index (κ2) is 9.12. The third kappa shape index (κ3) is 5.59. The lowest BCUT2D eigenvalue weighted by Gasteiger charge is -2.22. The maximum Gasteiger partial charge on any atom is 0.310 e. The predicted molar refractivity (Wildman–Crippen MR) is 84.9 cm³/mol. The number of benzene rings is 1. The van der Waals surface area contributed by atoms with Crippen LogP contribution in [0.25, 0.3) is 0 Å². The van der Waals surface area contributed by atoms with Gasteiger partial charge in [0, 0.05) is 16.6 Å². The van der Waals surface area contributed by atoms with Crippen molar-refractivity contribution in [2.75, 3.05) is 26.9 Å². The van der Waals surface area contributed by atoms with Crippen LogP contribution in [0.15, 0.2) is 22.7 Å². The monoisotopic (exact) mass is 372 g/mol. The molecule has 0 amide bonds. The van der Waals surface area contributed by atoms with Gasteiger partial charge in [-0.25, -0.2) is 0 Å². The molecule has 0 bridgehead atoms. The standard InChI is InChI=1S/C16H21BrO5/c1-19-15(18)11-12-10-13(17)5-6-14(12)20-8-9-22-16-4-2-3-7-21-16/h5-6,10,16H,2-4,7-9,11H2,1H3. The van der Waals surface area contributed by atoms with Crippen molar-refractivity contribution in [3.8, 4) is 5.75 Å². The van der Waals surface area contributed by atoms with Gasteiger partial charge in [0.25, 0.3) is 0 Å². The van der Waals surface area contributed by atoms with E-state index in [-0.39, 0.29) is 18.7 Å². The summed E-state index contributed by atoms with van der Waals surface area (Å²) in [5.74, 6) is 0.372. The Labute approximate surface area is 139 Å². The number of halogens is 1. The van der Waals surface area contributed by atoms with Gasteiger partial charge in [-0.1, -0.05) is 15.9 Å². The number of hydrogen-bond donors (Lipinski definition) is 0. The molecule has 1 heterocycles. The van der Waals surface area contributed by atoms with Crippen LogP contribution in [-0.2, 0) is 25.4 Å². The average Bonchev–Trinajstić information content (AvgIpc) is 2.54. The lowest BCUT2D eigenvalue weighted by Crippen LogP contribution is -2.24. The number of hydrogen-bond acceptors (Lipinski definition) is 5. The Morgan fingerprint density at radius 3 is 2.95 bits per heavy atom. The summed E-state index contributed by atoms with van der Waals surface area (Å²) in [6.07, 6.45) is 3.24. The quantitative estimate of drug-likeness (QED) is 0.543. The van der Waals surface area contributed by atoms with Crippen LogP contribution < -0.4 is 4.74 Å². The van der Waals surface area contributed by atoms with Crippen molar-refractivity contribution in [1.82, 2.24) is 0 Å². The third-order valence-electron chi connectivity index (χ3n) is 3.37. The molecule has 6 heteroatoms. The van der Waals surface area contributed by atoms with Crippen LogP contribution in [0.5, 0.6) is 5.75 Å². The summed E-state index contributed by atoms with van der Waals surface area (Å²) in [5, 5.41) is 0. The molecule has 0 radical (unpaired) electrons. The van der Waals surface area contributed by atoms with Gasteiger partial charge < -0.3 is 18.9 Å². The molecular formula is C16H21BrO5. The predicted octanol–water partition coefficient (Wildman–Crippen LogP) is 3.09. The van der Waals surface area contributed by atoms with Gasteiger partial charge in [-0.3, -0.25) is 4.79 Å². The first kappa shape index (κ1) is 17.2. The zero-order valence-corrected chi connectivity index (χ0v) is 14.3. The molecule has 0 N–H and O–H groups in total. The lowest BCUT2D eigenvalue weighted by molar-refractivity contribution is -0.165. The zero-order chi connectivity index (χ0) is 15.8. The van der Waals surface area contributed by atoms with Gasteiger partial charge in [0.15, 0.2) is 6.29 Å². The molecule has 0 aromatic heterocycles. The van der Waals surface area contributed by atoms with Crippen molar-refractivity contribution < 1.29 is 23.7 Å². The molecule has 1 aliphatic heterocycles. The highest BCUT2D eigenvalue weighted by Crippen LogP contribution is 2.24. The molecule has 122 valence electrons. The summed E-state index contributed by atoms with van der Waals surface area (Å²) in [5.41, 5.74) is 0.787. The van der Waals surface area contributed by atoms with Gasteiger partial charge in [-0.2, -0.15) is 0 Å². The summed E-state index contributed by atoms with van der Waals surface area (Å²) in [4.78, 5) is 11.4. The fraction of sp³-hybridized carbons (Fsp3) is 0.562. The summed E-state index contributed by atoms with van der Waals surface area (Å²) in [7, 11) is 1.37. The first-order chi connectivity index (χ1) is 10.7. The number of esters is 1. The molecular weight excluding hydrogens is 352 g/mol. The molecule has 0 saturated carbocycles. The Kier molecular flexibility index (Phi) is 7.15. The normalized spacial score (nSPS) is 18.0. The highest BCUT2D eigenvalue weighted by atomic mass is 79.9. The molecule has 5 nitrogen and oxygen atoms in total. The van der Waals surface area contributed by atoms with Crippen molar-refractivity contribution in [3.63, 3.8) is 0 Å². The van der Waals surface area contributed by atoms with Crippen molar-refractivity contribution >= 4 is 21.9 Å². The molecule has 0 aliphatic carbocycles. The minimum Gasteiger partial charge on any atom is -0.491 e. The van der Waals surface area contributed by atoms with E-state index in [9.17, 15) is 4.79 Å². The van der Waals surface area contributed by atoms with Crippen LogP contribution >= 0.6 is 15.9 Å². The van der Waals surface area contributed by atoms with E-state index in [1.165, 1.54) is 7.11 Å². The van der Waals surface area contributed by atoms with Gasteiger partial charge in [0.2, 0.25) is 0 Å². The van der Waals surface area contributed by atoms with E-state index in [0.717, 1.165) is 35.9 Å². The molecule has 0 spiro atoms. The molecule has 1 aromatic carbocycles. The number of rotatable bonds is 7. The van der Waals surface area contributed by atoms with Gasteiger partial charge >= 0.3 is 5.97 Å². The maximum absolute atomic E-state index is 11.4. The first-order valence-electron chi connectivity index (χ1n) is 7.40. The average molecular weight is 373 g/mol. The summed E-state index contributed by atoms with van der Waals surface area (Å²) in [6.45, 7) is 1.63. The molecule has 1 fully saturated rings. The molecule has 1 atom stereocenters. The van der Waals surface area contributed by atoms with E-state index in [0.29, 0.717) is 19.0 Å². The molecule has 22 heavy (non-hydrogen) atoms. The fourth-order valence-corrected chi connectivity index (χ4v) is 2.64. The second-order valence-electron chi connectivity index (χ2n) is 5.02. The molecule has 1 aliphatic rings. The number of carbonyl (C=O) groups is 1. The van der Waals surface area contributed by atoms with E-state index in [1.54, 1.807) is 0 Å². The Morgan fingerprint density at radius 2 is 2.23 bits per heavy atom. The topological polar surface area (TPSA) is 54.0 Å². The van der Waals surface area contributed by atoms with Crippen molar-refractivity contribution in [3.05, 3.63) is 28.2 Å². The van der Waals surface area contributed by atoms with Gasteiger partial charge in [0.1, 0.15) is 12.4 Å². The van der Waals surface area contributed by atoms with E-state index in [4.69, 9.17) is 18.9 Å². The second-order valence-corrected chi connectivity index (χ2v) is 5.94. The molecule has 1 saturated heterocycles. The van der Waals surface area contributed by atoms with Crippen LogP contribution in [-0.4, -0.2) is 39.2 Å². The van der Waals surface area contributed by atoms with Gasteiger partial charge in [-0.15, -0.1) is 0 Å². The Morgan fingerprint density at radius 1 is 1.36 bits per heavy atom. The number of methoxy groups -OCH3 is 1. The molecule has 1 aromatic rings. The minimum absolute atomic E-state index is 0.114. The maximum atomic E-state index is 11.4. The minimum atomic E-state index is -0.296. The smallest absolute Gasteiger partial charge is 0.310 e. The van der Waals surface area contributed by atoms with Gasteiger partial charge in [0.05, 0.1) is 20.1 Å². The summed E-state index contributed by atoms with van der Waals surface area (Å²) in [6, 6.07) is 5.57. The van der Waals surface area contributed by atoms with Gasteiger partial charge in [-0.05, 0) is 37.5 Å². The van der Waals surface area contributed by atoms with Crippen LogP contribution in [0, 0.1) is 0 Å². The highest BCUT2D eigenvalue weighted by molar-refractivity contribution is 9.10. The Balaban J connectivity index is 1.82. The van der Waals surface area contributed by atoms with Crippen LogP contribution in [0.1, 0.15) is 24.8 Å². The molecule has 2 rings (SSSR count). The third-order valence-corrected chi connectivity index (χ3v) is 3.86. The summed E-state index contributed by atoms with van der Waals surface area (Å²) < 4.78 is 22.4. The van der Waals surface area contributed by atoms with E-state index < -0.39 is 0 Å². The van der Waals surface area contributed by atoms with E-state index >= 15 is 0 Å². The number of ether oxygens (including phenoxy) is 4. The van der Waals surface area contributed by atoms with Crippen molar-refractivity contribution in [1.29, 1.82) is 0 Å². The first-order valence-corrected chi connectivity index (χ1v) is 8.19. The van der Waals surface area contributed by atoms with Crippen LogP contribution in [0.4, 0.5) is 0 Å². The zero-order valence-electron chi connectivity index (χ0n) is 12.7. The lowest BCUT2D eigenvalue weighted by atomic mass is 10.1. The number of carbonyl (C=O) groups excluding carboxylic acids is 1. The van der Waals surface area contributed by atoms with Crippen molar-refractivity contribution in [2.45, 2.75) is 32.0 Å². The van der Waals surface area contributed by atoms with E-state index in [2.05, 4.69) is 15.9 Å². The molecule has 1 unspecified atom stereocenters. The Hall–Kier alpha value is -1.11. The van der Waals surface area contributed by atoms with Crippen LogP contribution in [0.3, 0.4) is 0 Å². The van der Waals surface area contributed by atoms with E-state index in [1.807, 2.05) is 18.2 Å². The van der Waals surface area contributed by atoms with Crippen molar-refractivity contribution in [2.24, 2.45) is 0 Å². The highest BCUT2D eigenvalue weighted by Gasteiger charge is 2.14. The largest absolute Gasteiger partial charge is 0.491 e. The summed E-state index contributed by atoms with van der Waals surface area (Å²) >= 11 is 3.39. The fourth-order valence-electron chi connectivity index (χ4n) is 2.23. The SMILES string of the molecule is COC(=O)Cc1cc(Br)ccc1OCCOC1CCCCO1.